The van der Waals surface area contributed by atoms with Crippen molar-refractivity contribution in [3.8, 4) is 5.75 Å². The quantitative estimate of drug-likeness (QED) is 0.475. The Balaban J connectivity index is 1.98. The first-order valence-electron chi connectivity index (χ1n) is 9.46. The third-order valence-corrected chi connectivity index (χ3v) is 3.98. The number of amides is 1. The summed E-state index contributed by atoms with van der Waals surface area (Å²) in [4.78, 5) is 24.9. The fourth-order valence-electron chi connectivity index (χ4n) is 2.59. The summed E-state index contributed by atoms with van der Waals surface area (Å²) < 4.78 is 15.9. The van der Waals surface area contributed by atoms with E-state index in [9.17, 15) is 9.59 Å². The van der Waals surface area contributed by atoms with Gasteiger partial charge in [-0.1, -0.05) is 30.3 Å². The van der Waals surface area contributed by atoms with Gasteiger partial charge in [0.2, 0.25) is 0 Å². The highest BCUT2D eigenvalue weighted by atomic mass is 16.5. The van der Waals surface area contributed by atoms with Crippen molar-refractivity contribution in [2.24, 2.45) is 0 Å². The van der Waals surface area contributed by atoms with Crippen LogP contribution in [-0.2, 0) is 20.7 Å². The van der Waals surface area contributed by atoms with E-state index in [1.807, 2.05) is 37.3 Å². The molecule has 2 aromatic rings. The molecule has 1 N–H and O–H groups in total. The zero-order valence-corrected chi connectivity index (χ0v) is 16.4. The lowest BCUT2D eigenvalue weighted by Crippen LogP contribution is -2.43. The van der Waals surface area contributed by atoms with Crippen molar-refractivity contribution >= 4 is 11.9 Å². The maximum atomic E-state index is 12.6. The van der Waals surface area contributed by atoms with E-state index in [2.05, 4.69) is 5.32 Å². The van der Waals surface area contributed by atoms with Crippen molar-refractivity contribution in [3.05, 3.63) is 65.7 Å². The van der Waals surface area contributed by atoms with Gasteiger partial charge in [0.15, 0.2) is 0 Å². The Morgan fingerprint density at radius 2 is 1.64 bits per heavy atom. The number of benzene rings is 2. The number of hydrogen-bond acceptors (Lipinski definition) is 5. The van der Waals surface area contributed by atoms with Gasteiger partial charge in [-0.05, 0) is 43.7 Å². The average molecular weight is 385 g/mol. The molecule has 1 atom stereocenters. The maximum Gasteiger partial charge on any atom is 0.328 e. The second-order valence-electron chi connectivity index (χ2n) is 6.04. The van der Waals surface area contributed by atoms with Crippen LogP contribution in [0.4, 0.5) is 0 Å². The van der Waals surface area contributed by atoms with Crippen LogP contribution in [0.15, 0.2) is 54.6 Å². The van der Waals surface area contributed by atoms with Crippen molar-refractivity contribution < 1.29 is 23.8 Å². The molecule has 0 saturated heterocycles. The summed E-state index contributed by atoms with van der Waals surface area (Å²) in [6, 6.07) is 15.5. The van der Waals surface area contributed by atoms with Gasteiger partial charge in [0, 0.05) is 18.6 Å². The summed E-state index contributed by atoms with van der Waals surface area (Å²) >= 11 is 0. The molecule has 150 valence electrons. The molecule has 6 nitrogen and oxygen atoms in total. The zero-order chi connectivity index (χ0) is 20.2. The maximum absolute atomic E-state index is 12.6. The molecule has 2 rings (SSSR count). The second-order valence-corrected chi connectivity index (χ2v) is 6.04. The molecule has 2 aromatic carbocycles. The SMILES string of the molecule is CCOCCOc1ccc(C(=O)NC(Cc2ccccc2)C(=O)OCC)cc1. The third kappa shape index (κ3) is 7.04. The summed E-state index contributed by atoms with van der Waals surface area (Å²) in [7, 11) is 0. The minimum atomic E-state index is -0.753. The van der Waals surface area contributed by atoms with Crippen LogP contribution in [0.25, 0.3) is 0 Å². The van der Waals surface area contributed by atoms with E-state index in [1.54, 1.807) is 31.2 Å². The van der Waals surface area contributed by atoms with Gasteiger partial charge in [0.05, 0.1) is 13.2 Å². The Hall–Kier alpha value is -2.86. The van der Waals surface area contributed by atoms with Gasteiger partial charge in [-0.25, -0.2) is 4.79 Å². The first kappa shape index (κ1) is 21.4. The molecule has 0 heterocycles. The van der Waals surface area contributed by atoms with Crippen LogP contribution in [0, 0.1) is 0 Å². The normalized spacial score (nSPS) is 11.5. The van der Waals surface area contributed by atoms with Crippen LogP contribution in [0.5, 0.6) is 5.75 Å². The molecular weight excluding hydrogens is 358 g/mol. The Kier molecular flexibility index (Phi) is 9.01. The minimum Gasteiger partial charge on any atom is -0.491 e. The summed E-state index contributed by atoms with van der Waals surface area (Å²) in [5.41, 5.74) is 1.39. The van der Waals surface area contributed by atoms with Gasteiger partial charge in [-0.3, -0.25) is 4.79 Å². The number of carbonyl (C=O) groups is 2. The molecule has 0 radical (unpaired) electrons. The van der Waals surface area contributed by atoms with Crippen LogP contribution in [0.1, 0.15) is 29.8 Å². The predicted octanol–water partition coefficient (Wildman–Crippen LogP) is 3.01. The van der Waals surface area contributed by atoms with Gasteiger partial charge in [0.1, 0.15) is 18.4 Å². The van der Waals surface area contributed by atoms with E-state index in [4.69, 9.17) is 14.2 Å². The fourth-order valence-corrected chi connectivity index (χ4v) is 2.59. The molecular formula is C22H27NO5. The highest BCUT2D eigenvalue weighted by molar-refractivity contribution is 5.96. The molecule has 28 heavy (non-hydrogen) atoms. The van der Waals surface area contributed by atoms with Crippen LogP contribution in [-0.4, -0.2) is 44.3 Å². The largest absolute Gasteiger partial charge is 0.491 e. The van der Waals surface area contributed by atoms with Crippen LogP contribution in [0.3, 0.4) is 0 Å². The fraction of sp³-hybridized carbons (Fsp3) is 0.364. The molecule has 0 aliphatic carbocycles. The van der Waals surface area contributed by atoms with Crippen molar-refractivity contribution in [1.82, 2.24) is 5.32 Å². The number of esters is 1. The van der Waals surface area contributed by atoms with Gasteiger partial charge in [-0.2, -0.15) is 0 Å². The smallest absolute Gasteiger partial charge is 0.328 e. The summed E-state index contributed by atoms with van der Waals surface area (Å²) in [6.45, 7) is 5.53. The molecule has 0 spiro atoms. The predicted molar refractivity (Wildman–Crippen MR) is 106 cm³/mol. The zero-order valence-electron chi connectivity index (χ0n) is 16.4. The van der Waals surface area contributed by atoms with Gasteiger partial charge in [-0.15, -0.1) is 0 Å². The first-order chi connectivity index (χ1) is 13.6. The lowest BCUT2D eigenvalue weighted by molar-refractivity contribution is -0.145. The molecule has 0 aliphatic heterocycles. The Morgan fingerprint density at radius 1 is 0.929 bits per heavy atom. The van der Waals surface area contributed by atoms with Crippen LogP contribution < -0.4 is 10.1 Å². The van der Waals surface area contributed by atoms with Crippen molar-refractivity contribution in [1.29, 1.82) is 0 Å². The highest BCUT2D eigenvalue weighted by Crippen LogP contribution is 2.13. The number of carbonyl (C=O) groups excluding carboxylic acids is 2. The number of nitrogens with one attached hydrogen (secondary N) is 1. The van der Waals surface area contributed by atoms with E-state index in [0.29, 0.717) is 37.6 Å². The van der Waals surface area contributed by atoms with E-state index in [1.165, 1.54) is 0 Å². The Labute approximate surface area is 165 Å². The standard InChI is InChI=1S/C22H27NO5/c1-3-26-14-15-28-19-12-10-18(11-13-19)21(24)23-20(22(25)27-4-2)16-17-8-6-5-7-9-17/h5-13,20H,3-4,14-16H2,1-2H3,(H,23,24). The molecule has 1 unspecified atom stereocenters. The number of ether oxygens (including phenoxy) is 3. The van der Waals surface area contributed by atoms with Gasteiger partial charge >= 0.3 is 5.97 Å². The lowest BCUT2D eigenvalue weighted by atomic mass is 10.1. The van der Waals surface area contributed by atoms with Crippen LogP contribution in [0.2, 0.25) is 0 Å². The molecule has 0 aliphatic rings. The molecule has 0 fully saturated rings. The number of hydrogen-bond donors (Lipinski definition) is 1. The van der Waals surface area contributed by atoms with E-state index < -0.39 is 12.0 Å². The summed E-state index contributed by atoms with van der Waals surface area (Å²) in [6.07, 6.45) is 0.365. The minimum absolute atomic E-state index is 0.258. The highest BCUT2D eigenvalue weighted by Gasteiger charge is 2.23. The van der Waals surface area contributed by atoms with Crippen molar-refractivity contribution in [2.75, 3.05) is 26.4 Å². The van der Waals surface area contributed by atoms with Crippen molar-refractivity contribution in [2.45, 2.75) is 26.3 Å². The first-order valence-corrected chi connectivity index (χ1v) is 9.46. The average Bonchev–Trinajstić information content (AvgIpc) is 2.72. The Bertz CT molecular complexity index is 730. The molecule has 0 saturated carbocycles. The Morgan fingerprint density at radius 3 is 2.29 bits per heavy atom. The monoisotopic (exact) mass is 385 g/mol. The van der Waals surface area contributed by atoms with E-state index in [-0.39, 0.29) is 12.5 Å². The van der Waals surface area contributed by atoms with E-state index in [0.717, 1.165) is 5.56 Å². The lowest BCUT2D eigenvalue weighted by Gasteiger charge is -2.17. The molecule has 0 bridgehead atoms. The molecule has 6 heteroatoms. The molecule has 1 amide bonds. The summed E-state index contributed by atoms with van der Waals surface area (Å²) in [5, 5.41) is 2.77. The van der Waals surface area contributed by atoms with Crippen molar-refractivity contribution in [3.63, 3.8) is 0 Å². The van der Waals surface area contributed by atoms with Crippen LogP contribution >= 0.6 is 0 Å². The van der Waals surface area contributed by atoms with Gasteiger partial charge in [0.25, 0.3) is 5.91 Å². The number of rotatable bonds is 11. The topological polar surface area (TPSA) is 73.9 Å². The molecule has 0 aromatic heterocycles. The summed E-state index contributed by atoms with van der Waals surface area (Å²) in [5.74, 6) is -0.132. The van der Waals surface area contributed by atoms with E-state index >= 15 is 0 Å². The third-order valence-electron chi connectivity index (χ3n) is 3.98. The van der Waals surface area contributed by atoms with Gasteiger partial charge < -0.3 is 19.5 Å². The second kappa shape index (κ2) is 11.8.